The molecule has 0 heterocycles. The van der Waals surface area contributed by atoms with E-state index in [1.165, 1.54) is 0 Å². The Labute approximate surface area is 66.0 Å². The van der Waals surface area contributed by atoms with Crippen LogP contribution in [0, 0.1) is 0 Å². The van der Waals surface area contributed by atoms with E-state index in [0.29, 0.717) is 0 Å². The van der Waals surface area contributed by atoms with Gasteiger partial charge < -0.3 is 33.2 Å². The average molecular weight is 241 g/mol. The molecule has 0 aromatic heterocycles. The standard InChI is InChI=1S/Mo.H3O2PS2.H2O/c;1-3(2,4)5;/h;(H3,1,2,4,5);1H2/q+3;;/p-3. The van der Waals surface area contributed by atoms with E-state index < -0.39 is 5.69 Å². The van der Waals surface area contributed by atoms with Crippen molar-refractivity contribution in [2.24, 2.45) is 0 Å². The van der Waals surface area contributed by atoms with Crippen molar-refractivity contribution < 1.29 is 36.3 Å². The predicted molar refractivity (Wildman–Crippen MR) is 25.3 cm³/mol. The molecule has 2 N–H and O–H groups in total. The third-order valence-corrected chi connectivity index (χ3v) is 0. The van der Waals surface area contributed by atoms with E-state index in [9.17, 15) is 9.79 Å². The van der Waals surface area contributed by atoms with Crippen LogP contribution in [0.2, 0.25) is 0 Å². The zero-order valence-corrected chi connectivity index (χ0v) is 7.52. The maximum Gasteiger partial charge on any atom is 3.00 e. The molecule has 1 radical (unpaired) electrons. The van der Waals surface area contributed by atoms with Gasteiger partial charge in [0.2, 0.25) is 0 Å². The van der Waals surface area contributed by atoms with Crippen molar-refractivity contribution in [2.75, 3.05) is 0 Å². The van der Waals surface area contributed by atoms with E-state index in [4.69, 9.17) is 0 Å². The van der Waals surface area contributed by atoms with Crippen molar-refractivity contribution in [1.29, 1.82) is 0 Å². The Balaban J connectivity index is -0.0000000800. The van der Waals surface area contributed by atoms with Crippen molar-refractivity contribution in [3.8, 4) is 0 Å². The van der Waals surface area contributed by atoms with Crippen LogP contribution < -0.4 is 9.79 Å². The van der Waals surface area contributed by atoms with Gasteiger partial charge in [0.25, 0.3) is 0 Å². The fourth-order valence-electron chi connectivity index (χ4n) is 0. The molecular weight excluding hydrogens is 239 g/mol. The first-order valence-electron chi connectivity index (χ1n) is 0.730. The number of rotatable bonds is 0. The summed E-state index contributed by atoms with van der Waals surface area (Å²) in [5.41, 5.74) is -3.72. The van der Waals surface area contributed by atoms with Gasteiger partial charge in [-0.1, -0.05) is 0 Å². The van der Waals surface area contributed by atoms with Crippen LogP contribution in [0.1, 0.15) is 0 Å². The van der Waals surface area contributed by atoms with Crippen molar-refractivity contribution in [3.63, 3.8) is 0 Å². The Morgan fingerprint density at radius 1 is 1.43 bits per heavy atom. The molecule has 0 spiro atoms. The van der Waals surface area contributed by atoms with Gasteiger partial charge in [0, 0.05) is 0 Å². The van der Waals surface area contributed by atoms with Crippen LogP contribution >= 0.6 is 5.69 Å². The summed E-state index contributed by atoms with van der Waals surface area (Å²) in [5.74, 6) is 0. The molecule has 0 rings (SSSR count). The fraction of sp³-hybridized carbons (Fsp3) is 0. The molecule has 0 aliphatic heterocycles. The van der Waals surface area contributed by atoms with E-state index in [2.05, 4.69) is 24.1 Å². The normalized spacial score (nSPS) is 8.43. The molecule has 7 heavy (non-hydrogen) atoms. The topological polar surface area (TPSA) is 77.6 Å². The van der Waals surface area contributed by atoms with Crippen LogP contribution in [0.3, 0.4) is 0 Å². The molecule has 0 aliphatic rings. The van der Waals surface area contributed by atoms with Gasteiger partial charge in [-0.15, -0.1) is 0 Å². The maximum absolute atomic E-state index is 9.29. The first-order valence-corrected chi connectivity index (χ1v) is 4.38. The third kappa shape index (κ3) is 95.4. The predicted octanol–water partition coefficient (Wildman–Crippen LogP) is -2.35. The Morgan fingerprint density at radius 2 is 1.43 bits per heavy atom. The van der Waals surface area contributed by atoms with Gasteiger partial charge in [-0.2, -0.15) is 11.8 Å². The van der Waals surface area contributed by atoms with Gasteiger partial charge in [-0.25, -0.2) is 0 Å². The molecule has 3 nitrogen and oxygen atoms in total. The van der Waals surface area contributed by atoms with Crippen molar-refractivity contribution >= 4 is 29.7 Å². The summed E-state index contributed by atoms with van der Waals surface area (Å²) in [4.78, 5) is 18.6. The van der Waals surface area contributed by atoms with E-state index in [1.807, 2.05) is 0 Å². The largest absolute Gasteiger partial charge is 3.00 e. The summed E-state index contributed by atoms with van der Waals surface area (Å²) < 4.78 is 0. The molecule has 0 bridgehead atoms. The van der Waals surface area contributed by atoms with Gasteiger partial charge in [0.05, 0.1) is 0 Å². The Hall–Kier alpha value is 1.57. The van der Waals surface area contributed by atoms with Crippen molar-refractivity contribution in [2.45, 2.75) is 0 Å². The summed E-state index contributed by atoms with van der Waals surface area (Å²) in [6.45, 7) is 0. The van der Waals surface area contributed by atoms with E-state index in [1.54, 1.807) is 0 Å². The van der Waals surface area contributed by atoms with Crippen LogP contribution in [0.25, 0.3) is 0 Å². The minimum Gasteiger partial charge on any atom is -0.850 e. The summed E-state index contributed by atoms with van der Waals surface area (Å²) >= 11 is 7.28. The quantitative estimate of drug-likeness (QED) is 0.270. The van der Waals surface area contributed by atoms with Crippen LogP contribution in [0.5, 0.6) is 0 Å². The fourth-order valence-corrected chi connectivity index (χ4v) is 0. The van der Waals surface area contributed by atoms with Gasteiger partial charge >= 0.3 is 21.1 Å². The second-order valence-corrected chi connectivity index (χ2v) is 4.92. The summed E-state index contributed by atoms with van der Waals surface area (Å²) in [6, 6.07) is 0. The molecule has 0 atom stereocenters. The van der Waals surface area contributed by atoms with E-state index >= 15 is 0 Å². The summed E-state index contributed by atoms with van der Waals surface area (Å²) in [5, 5.41) is 0. The number of hydrogen-bond acceptors (Lipinski definition) is 4. The molecule has 0 fully saturated rings. The zero-order chi connectivity index (χ0) is 4.50. The Kier molecular flexibility index (Phi) is 12.9. The van der Waals surface area contributed by atoms with Crippen molar-refractivity contribution in [1.82, 2.24) is 0 Å². The average Bonchev–Trinajstić information content (AvgIpc) is 0.722. The van der Waals surface area contributed by atoms with Gasteiger partial charge in [0.1, 0.15) is 0 Å². The van der Waals surface area contributed by atoms with Crippen LogP contribution in [-0.2, 0) is 45.1 Å². The maximum atomic E-state index is 9.29. The van der Waals surface area contributed by atoms with Crippen LogP contribution in [-0.4, -0.2) is 5.48 Å². The third-order valence-electron chi connectivity index (χ3n) is 0. The molecule has 0 unspecified atom stereocenters. The molecule has 7 heteroatoms. The Bertz CT molecular complexity index is 59.1. The van der Waals surface area contributed by atoms with E-state index in [0.717, 1.165) is 0 Å². The van der Waals surface area contributed by atoms with Crippen LogP contribution in [0.4, 0.5) is 0 Å². The van der Waals surface area contributed by atoms with Gasteiger partial charge in [0.15, 0.2) is 0 Å². The summed E-state index contributed by atoms with van der Waals surface area (Å²) in [7, 11) is 0. The van der Waals surface area contributed by atoms with Crippen molar-refractivity contribution in [3.05, 3.63) is 0 Å². The summed E-state index contributed by atoms with van der Waals surface area (Å²) in [6.07, 6.45) is 0. The van der Waals surface area contributed by atoms with E-state index in [-0.39, 0.29) is 26.5 Å². The Morgan fingerprint density at radius 3 is 1.43 bits per heavy atom. The minimum absolute atomic E-state index is 0. The molecule has 0 aromatic rings. The molecular formula is H2MoO3PS2. The van der Waals surface area contributed by atoms with Gasteiger partial charge in [-0.05, 0) is 0 Å². The number of hydrogen-bond donors (Lipinski definition) is 0. The SMILES string of the molecule is O.[Mo+3].[O-]P([O-])(=S)[S-]. The molecule has 43 valence electrons. The first-order chi connectivity index (χ1) is 2.00. The minimum atomic E-state index is -3.72. The molecule has 0 aromatic carbocycles. The molecule has 0 amide bonds. The molecule has 0 saturated heterocycles. The monoisotopic (exact) mass is 243 g/mol. The molecule has 0 saturated carbocycles. The first kappa shape index (κ1) is 15.8. The van der Waals surface area contributed by atoms with Gasteiger partial charge in [-0.3, -0.25) is 0 Å². The van der Waals surface area contributed by atoms with Crippen LogP contribution in [0.15, 0.2) is 0 Å². The smallest absolute Gasteiger partial charge is 0.850 e. The second kappa shape index (κ2) is 5.70. The zero-order valence-electron chi connectivity index (χ0n) is 2.99. The second-order valence-electron chi connectivity index (χ2n) is 0.447. The molecule has 0 aliphatic carbocycles.